The molecule has 0 saturated heterocycles. The second-order valence-corrected chi connectivity index (χ2v) is 6.16. The van der Waals surface area contributed by atoms with Crippen LogP contribution in [0.25, 0.3) is 10.2 Å². The number of amides is 1. The van der Waals surface area contributed by atoms with Gasteiger partial charge in [0.2, 0.25) is 5.13 Å². The van der Waals surface area contributed by atoms with Gasteiger partial charge < -0.3 is 4.90 Å². The zero-order chi connectivity index (χ0) is 16.4. The van der Waals surface area contributed by atoms with Crippen molar-refractivity contribution >= 4 is 38.3 Å². The average molecular weight is 330 g/mol. The minimum atomic E-state index is -0.377. The Morgan fingerprint density at radius 2 is 1.91 bits per heavy atom. The molecule has 7 heteroatoms. The molecule has 0 aliphatic rings. The Balaban J connectivity index is 1.69. The van der Waals surface area contributed by atoms with Crippen LogP contribution >= 0.6 is 11.3 Å². The molecule has 2 N–H and O–H groups in total. The fraction of sp³-hybridized carbons (Fsp3) is 0.125. The van der Waals surface area contributed by atoms with Gasteiger partial charge in [-0.2, -0.15) is 0 Å². The van der Waals surface area contributed by atoms with E-state index in [0.29, 0.717) is 16.2 Å². The molecule has 3 aromatic rings. The molecule has 0 bridgehead atoms. The summed E-state index contributed by atoms with van der Waals surface area (Å²) in [5.41, 5.74) is 7.12. The SMILES string of the molecule is CN(C)c1ccc(C(=O)NNc2nc3c(F)cccc3s2)cc1. The number of anilines is 2. The Hall–Kier alpha value is -2.67. The van der Waals surface area contributed by atoms with E-state index >= 15 is 0 Å². The summed E-state index contributed by atoms with van der Waals surface area (Å²) in [6.07, 6.45) is 0. The summed E-state index contributed by atoms with van der Waals surface area (Å²) in [4.78, 5) is 18.2. The number of benzene rings is 2. The van der Waals surface area contributed by atoms with E-state index in [4.69, 9.17) is 0 Å². The zero-order valence-electron chi connectivity index (χ0n) is 12.6. The van der Waals surface area contributed by atoms with Crippen LogP contribution in [0.3, 0.4) is 0 Å². The first kappa shape index (κ1) is 15.2. The molecule has 0 saturated carbocycles. The third-order valence-corrected chi connectivity index (χ3v) is 4.23. The van der Waals surface area contributed by atoms with Crippen LogP contribution < -0.4 is 15.8 Å². The highest BCUT2D eigenvalue weighted by Gasteiger charge is 2.10. The second kappa shape index (κ2) is 6.21. The van der Waals surface area contributed by atoms with Crippen LogP contribution in [-0.4, -0.2) is 25.0 Å². The summed E-state index contributed by atoms with van der Waals surface area (Å²) in [5, 5.41) is 0.434. The first-order valence-corrected chi connectivity index (χ1v) is 7.75. The Morgan fingerprint density at radius 1 is 1.17 bits per heavy atom. The molecular weight excluding hydrogens is 315 g/mol. The smallest absolute Gasteiger partial charge is 0.269 e. The van der Waals surface area contributed by atoms with Crippen LogP contribution in [0.15, 0.2) is 42.5 Å². The number of hydrogen-bond acceptors (Lipinski definition) is 5. The molecule has 23 heavy (non-hydrogen) atoms. The molecule has 0 aliphatic heterocycles. The number of aromatic nitrogens is 1. The number of thiazole rings is 1. The first-order valence-electron chi connectivity index (χ1n) is 6.93. The van der Waals surface area contributed by atoms with Gasteiger partial charge in [-0.1, -0.05) is 17.4 Å². The van der Waals surface area contributed by atoms with Crippen LogP contribution in [0, 0.1) is 5.82 Å². The highest BCUT2D eigenvalue weighted by atomic mass is 32.1. The number of hydrazine groups is 1. The van der Waals surface area contributed by atoms with Crippen LogP contribution in [0.4, 0.5) is 15.2 Å². The monoisotopic (exact) mass is 330 g/mol. The minimum Gasteiger partial charge on any atom is -0.378 e. The van der Waals surface area contributed by atoms with E-state index in [0.717, 1.165) is 10.4 Å². The lowest BCUT2D eigenvalue weighted by molar-refractivity contribution is 0.0962. The van der Waals surface area contributed by atoms with Gasteiger partial charge in [0, 0.05) is 25.3 Å². The number of fused-ring (bicyclic) bond motifs is 1. The number of halogens is 1. The quantitative estimate of drug-likeness (QED) is 0.721. The van der Waals surface area contributed by atoms with Gasteiger partial charge in [-0.3, -0.25) is 15.6 Å². The molecule has 1 aromatic heterocycles. The topological polar surface area (TPSA) is 57.3 Å². The molecule has 0 fully saturated rings. The van der Waals surface area contributed by atoms with Gasteiger partial charge in [-0.25, -0.2) is 9.37 Å². The number of carbonyl (C=O) groups excluding carboxylic acids is 1. The molecule has 118 valence electrons. The fourth-order valence-electron chi connectivity index (χ4n) is 2.06. The Bertz CT molecular complexity index is 845. The highest BCUT2D eigenvalue weighted by molar-refractivity contribution is 7.22. The lowest BCUT2D eigenvalue weighted by Crippen LogP contribution is -2.29. The Kier molecular flexibility index (Phi) is 4.12. The maximum atomic E-state index is 13.6. The number of para-hydroxylation sites is 1. The van der Waals surface area contributed by atoms with Gasteiger partial charge in [-0.05, 0) is 36.4 Å². The molecule has 0 spiro atoms. The number of carbonyl (C=O) groups is 1. The van der Waals surface area contributed by atoms with Crippen LogP contribution in [-0.2, 0) is 0 Å². The number of rotatable bonds is 4. The maximum Gasteiger partial charge on any atom is 0.269 e. The number of hydrogen-bond donors (Lipinski definition) is 2. The third kappa shape index (κ3) is 3.24. The van der Waals surface area contributed by atoms with Gasteiger partial charge in [0.25, 0.3) is 5.91 Å². The largest absolute Gasteiger partial charge is 0.378 e. The van der Waals surface area contributed by atoms with Crippen LogP contribution in [0.1, 0.15) is 10.4 Å². The molecule has 1 heterocycles. The fourth-order valence-corrected chi connectivity index (χ4v) is 2.90. The highest BCUT2D eigenvalue weighted by Crippen LogP contribution is 2.26. The lowest BCUT2D eigenvalue weighted by atomic mass is 10.2. The standard InChI is InChI=1S/C16H15FN4OS/c1-21(2)11-8-6-10(7-9-11)15(22)19-20-16-18-14-12(17)4-3-5-13(14)23-16/h3-9H,1-2H3,(H,18,20)(H,19,22). The van der Waals surface area contributed by atoms with E-state index < -0.39 is 0 Å². The summed E-state index contributed by atoms with van der Waals surface area (Å²) >= 11 is 1.27. The van der Waals surface area contributed by atoms with Crippen LogP contribution in [0.5, 0.6) is 0 Å². The molecule has 0 aliphatic carbocycles. The van der Waals surface area contributed by atoms with E-state index in [1.54, 1.807) is 24.3 Å². The van der Waals surface area contributed by atoms with Crippen molar-refractivity contribution in [2.45, 2.75) is 0 Å². The summed E-state index contributed by atoms with van der Waals surface area (Å²) < 4.78 is 14.3. The van der Waals surface area contributed by atoms with Crippen molar-refractivity contribution in [2.24, 2.45) is 0 Å². The third-order valence-electron chi connectivity index (χ3n) is 3.30. The summed E-state index contributed by atoms with van der Waals surface area (Å²) in [5.74, 6) is -0.660. The van der Waals surface area contributed by atoms with Crippen LogP contribution in [0.2, 0.25) is 0 Å². The average Bonchev–Trinajstić information content (AvgIpc) is 2.97. The normalized spacial score (nSPS) is 10.6. The van der Waals surface area contributed by atoms with Crippen molar-refractivity contribution in [1.29, 1.82) is 0 Å². The molecular formula is C16H15FN4OS. The van der Waals surface area contributed by atoms with Crippen molar-refractivity contribution in [3.8, 4) is 0 Å². The molecule has 5 nitrogen and oxygen atoms in total. The van der Waals surface area contributed by atoms with Gasteiger partial charge >= 0.3 is 0 Å². The van der Waals surface area contributed by atoms with Crippen molar-refractivity contribution < 1.29 is 9.18 Å². The molecule has 0 atom stereocenters. The van der Waals surface area contributed by atoms with Crippen molar-refractivity contribution in [3.05, 3.63) is 53.8 Å². The van der Waals surface area contributed by atoms with E-state index in [1.165, 1.54) is 17.4 Å². The minimum absolute atomic E-state index is 0.282. The number of nitrogens with one attached hydrogen (secondary N) is 2. The van der Waals surface area contributed by atoms with Crippen molar-refractivity contribution in [3.63, 3.8) is 0 Å². The first-order chi connectivity index (χ1) is 11.0. The zero-order valence-corrected chi connectivity index (χ0v) is 13.4. The van der Waals surface area contributed by atoms with Gasteiger partial charge in [-0.15, -0.1) is 0 Å². The van der Waals surface area contributed by atoms with Gasteiger partial charge in [0.1, 0.15) is 11.3 Å². The molecule has 0 unspecified atom stereocenters. The maximum absolute atomic E-state index is 13.6. The van der Waals surface area contributed by atoms with Crippen molar-refractivity contribution in [1.82, 2.24) is 10.4 Å². The summed E-state index contributed by atoms with van der Waals surface area (Å²) in [6, 6.07) is 12.0. The Morgan fingerprint density at radius 3 is 2.57 bits per heavy atom. The molecule has 2 aromatic carbocycles. The lowest BCUT2D eigenvalue weighted by Gasteiger charge is -2.12. The predicted molar refractivity (Wildman–Crippen MR) is 91.4 cm³/mol. The van der Waals surface area contributed by atoms with E-state index in [2.05, 4.69) is 15.8 Å². The summed E-state index contributed by atoms with van der Waals surface area (Å²) in [6.45, 7) is 0. The second-order valence-electron chi connectivity index (χ2n) is 5.13. The van der Waals surface area contributed by atoms with E-state index in [1.807, 2.05) is 31.1 Å². The Labute approximate surface area is 136 Å². The van der Waals surface area contributed by atoms with Gasteiger partial charge in [0.05, 0.1) is 4.70 Å². The molecule has 0 radical (unpaired) electrons. The molecule has 3 rings (SSSR count). The summed E-state index contributed by atoms with van der Waals surface area (Å²) in [7, 11) is 3.87. The van der Waals surface area contributed by atoms with E-state index in [-0.39, 0.29) is 11.7 Å². The number of nitrogens with zero attached hydrogens (tertiary/aromatic N) is 2. The van der Waals surface area contributed by atoms with E-state index in [9.17, 15) is 9.18 Å². The van der Waals surface area contributed by atoms with Crippen molar-refractivity contribution in [2.75, 3.05) is 24.4 Å². The predicted octanol–water partition coefficient (Wildman–Crippen LogP) is 3.26. The van der Waals surface area contributed by atoms with Gasteiger partial charge in [0.15, 0.2) is 0 Å². The molecule has 1 amide bonds.